The van der Waals surface area contributed by atoms with Crippen molar-refractivity contribution >= 4 is 29.2 Å². The van der Waals surface area contributed by atoms with E-state index in [1.165, 1.54) is 0 Å². The average Bonchev–Trinajstić information content (AvgIpc) is 3.20. The quantitative estimate of drug-likeness (QED) is 0.411. The zero-order chi connectivity index (χ0) is 24.4. The van der Waals surface area contributed by atoms with Crippen LogP contribution in [0.25, 0.3) is 5.69 Å². The number of nitrogens with zero attached hydrogens (tertiary/aromatic N) is 5. The predicted octanol–water partition coefficient (Wildman–Crippen LogP) is 5.14. The van der Waals surface area contributed by atoms with Crippen molar-refractivity contribution in [2.45, 2.75) is 26.8 Å². The second-order valence-corrected chi connectivity index (χ2v) is 8.80. The molecule has 0 fully saturated rings. The van der Waals surface area contributed by atoms with E-state index in [4.69, 9.17) is 16.7 Å². The van der Waals surface area contributed by atoms with Gasteiger partial charge in [-0.25, -0.2) is 5.01 Å². The second kappa shape index (κ2) is 9.72. The van der Waals surface area contributed by atoms with Crippen molar-refractivity contribution in [3.8, 4) is 5.69 Å². The minimum atomic E-state index is -0.0676. The van der Waals surface area contributed by atoms with E-state index in [1.54, 1.807) is 0 Å². The highest BCUT2D eigenvalue weighted by molar-refractivity contribution is 6.30. The first-order valence-electron chi connectivity index (χ1n) is 11.6. The standard InChI is InChI=1S/C27H25ClN6O/c1-3-16-29-26(35)21-10-8-19(9-11-21)17-33-27-31-30-18(2)34(27)24-7-5-4-6-23(24)25(32-33)20-12-14-22(28)15-13-20/h4-15H,3,16-17H2,1-2H3,(H,29,35). The smallest absolute Gasteiger partial charge is 0.252 e. The van der Waals surface area contributed by atoms with Gasteiger partial charge in [-0.2, -0.15) is 5.10 Å². The van der Waals surface area contributed by atoms with Crippen molar-refractivity contribution < 1.29 is 4.79 Å². The first-order valence-corrected chi connectivity index (χ1v) is 11.9. The molecule has 0 atom stereocenters. The molecule has 176 valence electrons. The summed E-state index contributed by atoms with van der Waals surface area (Å²) in [5, 5.41) is 19.3. The van der Waals surface area contributed by atoms with Crippen molar-refractivity contribution in [3.05, 3.63) is 106 Å². The van der Waals surface area contributed by atoms with Crippen LogP contribution < -0.4 is 10.3 Å². The van der Waals surface area contributed by atoms with E-state index in [0.29, 0.717) is 29.6 Å². The normalized spacial score (nSPS) is 12.4. The highest BCUT2D eigenvalue weighted by atomic mass is 35.5. The number of nitrogens with one attached hydrogen (secondary N) is 1. The Kier molecular flexibility index (Phi) is 6.33. The third-order valence-corrected chi connectivity index (χ3v) is 6.11. The maximum absolute atomic E-state index is 12.3. The molecule has 35 heavy (non-hydrogen) atoms. The van der Waals surface area contributed by atoms with E-state index in [0.717, 1.165) is 40.3 Å². The average molecular weight is 485 g/mol. The van der Waals surface area contributed by atoms with Crippen LogP contribution in [0, 0.1) is 6.92 Å². The number of aryl methyl sites for hydroxylation is 1. The van der Waals surface area contributed by atoms with Crippen LogP contribution in [-0.4, -0.2) is 32.9 Å². The van der Waals surface area contributed by atoms with Crippen molar-refractivity contribution in [3.63, 3.8) is 0 Å². The first-order chi connectivity index (χ1) is 17.0. The molecular weight excluding hydrogens is 460 g/mol. The number of hydrogen-bond acceptors (Lipinski definition) is 5. The van der Waals surface area contributed by atoms with Crippen LogP contribution in [-0.2, 0) is 6.54 Å². The largest absolute Gasteiger partial charge is 0.352 e. The van der Waals surface area contributed by atoms with Gasteiger partial charge in [0.25, 0.3) is 11.9 Å². The fraction of sp³-hybridized carbons (Fsp3) is 0.185. The molecule has 0 bridgehead atoms. The van der Waals surface area contributed by atoms with Crippen LogP contribution in [0.4, 0.5) is 5.95 Å². The molecule has 0 spiro atoms. The van der Waals surface area contributed by atoms with E-state index >= 15 is 0 Å². The molecule has 7 nitrogen and oxygen atoms in total. The van der Waals surface area contributed by atoms with E-state index in [2.05, 4.69) is 21.6 Å². The topological polar surface area (TPSA) is 75.4 Å². The van der Waals surface area contributed by atoms with Gasteiger partial charge in [0.1, 0.15) is 11.5 Å². The number of anilines is 1. The Morgan fingerprint density at radius 3 is 2.46 bits per heavy atom. The molecule has 0 saturated heterocycles. The van der Waals surface area contributed by atoms with Gasteiger partial charge in [0.05, 0.1) is 12.2 Å². The van der Waals surface area contributed by atoms with Crippen molar-refractivity contribution in [2.24, 2.45) is 5.10 Å². The molecule has 1 N–H and O–H groups in total. The van der Waals surface area contributed by atoms with Crippen molar-refractivity contribution in [1.29, 1.82) is 0 Å². The zero-order valence-electron chi connectivity index (χ0n) is 19.6. The van der Waals surface area contributed by atoms with Crippen LogP contribution in [0.2, 0.25) is 5.02 Å². The molecule has 5 rings (SSSR count). The van der Waals surface area contributed by atoms with Gasteiger partial charge in [-0.15, -0.1) is 10.2 Å². The monoisotopic (exact) mass is 484 g/mol. The Hall–Kier alpha value is -3.97. The molecule has 2 heterocycles. The lowest BCUT2D eigenvalue weighted by Gasteiger charge is -2.18. The number of rotatable bonds is 6. The lowest BCUT2D eigenvalue weighted by Crippen LogP contribution is -2.24. The summed E-state index contributed by atoms with van der Waals surface area (Å²) in [6.07, 6.45) is 0.898. The summed E-state index contributed by atoms with van der Waals surface area (Å²) in [5.74, 6) is 1.33. The Balaban J connectivity index is 1.56. The fourth-order valence-corrected chi connectivity index (χ4v) is 4.22. The number of hydrazone groups is 1. The third kappa shape index (κ3) is 4.55. The molecule has 1 aliphatic rings. The number of aromatic nitrogens is 3. The summed E-state index contributed by atoms with van der Waals surface area (Å²) < 4.78 is 2.02. The van der Waals surface area contributed by atoms with Gasteiger partial charge in [0, 0.05) is 28.3 Å². The van der Waals surface area contributed by atoms with Gasteiger partial charge >= 0.3 is 0 Å². The molecule has 0 radical (unpaired) electrons. The number of benzene rings is 3. The molecule has 1 amide bonds. The Bertz CT molecular complexity index is 1390. The third-order valence-electron chi connectivity index (χ3n) is 5.86. The van der Waals surface area contributed by atoms with Gasteiger partial charge in [0.15, 0.2) is 0 Å². The van der Waals surface area contributed by atoms with Crippen LogP contribution in [0.3, 0.4) is 0 Å². The number of carbonyl (C=O) groups is 1. The SMILES string of the molecule is CCCNC(=O)c1ccc(CN2N=C(c3ccc(Cl)cc3)c3ccccc3-n3c(C)nnc32)cc1. The van der Waals surface area contributed by atoms with Gasteiger partial charge in [-0.3, -0.25) is 9.36 Å². The summed E-state index contributed by atoms with van der Waals surface area (Å²) >= 11 is 6.16. The van der Waals surface area contributed by atoms with E-state index < -0.39 is 0 Å². The second-order valence-electron chi connectivity index (χ2n) is 8.37. The Labute approximate surface area is 209 Å². The molecule has 0 saturated carbocycles. The van der Waals surface area contributed by atoms with E-state index in [1.807, 2.05) is 90.2 Å². The minimum Gasteiger partial charge on any atom is -0.352 e. The summed E-state index contributed by atoms with van der Waals surface area (Å²) in [5.41, 5.74) is 5.33. The number of fused-ring (bicyclic) bond motifs is 3. The molecule has 1 aromatic heterocycles. The minimum absolute atomic E-state index is 0.0676. The van der Waals surface area contributed by atoms with E-state index in [9.17, 15) is 4.79 Å². The number of halogens is 1. The van der Waals surface area contributed by atoms with Crippen LogP contribution >= 0.6 is 11.6 Å². The molecule has 0 aliphatic carbocycles. The number of hydrogen-bond donors (Lipinski definition) is 1. The first kappa shape index (κ1) is 22.8. The summed E-state index contributed by atoms with van der Waals surface area (Å²) in [6.45, 7) is 5.08. The Morgan fingerprint density at radius 1 is 0.971 bits per heavy atom. The van der Waals surface area contributed by atoms with Gasteiger partial charge in [0.2, 0.25) is 0 Å². The lowest BCUT2D eigenvalue weighted by atomic mass is 10.0. The van der Waals surface area contributed by atoms with Gasteiger partial charge in [-0.1, -0.05) is 61.0 Å². The maximum atomic E-state index is 12.3. The van der Waals surface area contributed by atoms with Gasteiger partial charge in [-0.05, 0) is 49.2 Å². The van der Waals surface area contributed by atoms with Crippen LogP contribution in [0.1, 0.15) is 46.2 Å². The predicted molar refractivity (Wildman–Crippen MR) is 138 cm³/mol. The molecular formula is C27H25ClN6O. The summed E-state index contributed by atoms with van der Waals surface area (Å²) in [7, 11) is 0. The van der Waals surface area contributed by atoms with Crippen molar-refractivity contribution in [2.75, 3.05) is 11.6 Å². The molecule has 4 aromatic rings. The summed E-state index contributed by atoms with van der Waals surface area (Å²) in [6, 6.07) is 23.4. The van der Waals surface area contributed by atoms with Crippen LogP contribution in [0.5, 0.6) is 0 Å². The number of carbonyl (C=O) groups excluding carboxylic acids is 1. The molecule has 8 heteroatoms. The van der Waals surface area contributed by atoms with E-state index in [-0.39, 0.29) is 5.91 Å². The molecule has 3 aromatic carbocycles. The molecule has 1 aliphatic heterocycles. The van der Waals surface area contributed by atoms with Crippen molar-refractivity contribution in [1.82, 2.24) is 20.1 Å². The van der Waals surface area contributed by atoms with Gasteiger partial charge < -0.3 is 5.32 Å². The van der Waals surface area contributed by atoms with Crippen LogP contribution in [0.15, 0.2) is 77.9 Å². The fourth-order valence-electron chi connectivity index (χ4n) is 4.09. The molecule has 0 unspecified atom stereocenters. The number of amides is 1. The summed E-state index contributed by atoms with van der Waals surface area (Å²) in [4.78, 5) is 12.3. The zero-order valence-corrected chi connectivity index (χ0v) is 20.3. The highest BCUT2D eigenvalue weighted by Gasteiger charge is 2.26. The lowest BCUT2D eigenvalue weighted by molar-refractivity contribution is 0.0953. The maximum Gasteiger partial charge on any atom is 0.252 e. The number of para-hydroxylation sites is 1. The Morgan fingerprint density at radius 2 is 1.71 bits per heavy atom. The highest BCUT2D eigenvalue weighted by Crippen LogP contribution is 2.30.